The van der Waals surface area contributed by atoms with Crippen LogP contribution in [0.2, 0.25) is 0 Å². The highest BCUT2D eigenvalue weighted by Crippen LogP contribution is 2.36. The van der Waals surface area contributed by atoms with Crippen molar-refractivity contribution < 1.29 is 14.3 Å². The van der Waals surface area contributed by atoms with Gasteiger partial charge in [0.05, 0.1) is 18.3 Å². The van der Waals surface area contributed by atoms with Gasteiger partial charge in [-0.05, 0) is 42.5 Å². The topological polar surface area (TPSA) is 83.6 Å². The fourth-order valence-electron chi connectivity index (χ4n) is 3.49. The lowest BCUT2D eigenvalue weighted by Gasteiger charge is -2.26. The number of ether oxygens (including phenoxy) is 1. The van der Waals surface area contributed by atoms with Gasteiger partial charge in [0.15, 0.2) is 5.13 Å². The Bertz CT molecular complexity index is 1110. The van der Waals surface area contributed by atoms with Crippen molar-refractivity contribution in [2.45, 2.75) is 19.4 Å². The maximum atomic E-state index is 12.6. The quantitative estimate of drug-likeness (QED) is 0.630. The number of anilines is 2. The predicted octanol–water partition coefficient (Wildman–Crippen LogP) is 4.09. The number of thiazole rings is 1. The van der Waals surface area contributed by atoms with Crippen LogP contribution in [0.3, 0.4) is 0 Å². The molecule has 4 rings (SSSR count). The number of hydrogen-bond donors (Lipinski definition) is 2. The van der Waals surface area contributed by atoms with E-state index in [9.17, 15) is 9.59 Å². The highest BCUT2D eigenvalue weighted by molar-refractivity contribution is 7.14. The molecule has 0 spiro atoms. The molecule has 0 fully saturated rings. The Balaban J connectivity index is 1.51. The Morgan fingerprint density at radius 1 is 1.16 bits per heavy atom. The third-order valence-corrected chi connectivity index (χ3v) is 5.85. The molecule has 31 heavy (non-hydrogen) atoms. The lowest BCUT2D eigenvalue weighted by molar-refractivity contribution is -0.119. The van der Waals surface area contributed by atoms with Crippen molar-refractivity contribution in [2.24, 2.45) is 0 Å². The van der Waals surface area contributed by atoms with Crippen LogP contribution in [0.25, 0.3) is 11.3 Å². The van der Waals surface area contributed by atoms with Gasteiger partial charge in [-0.1, -0.05) is 0 Å². The van der Waals surface area contributed by atoms with Crippen molar-refractivity contribution in [2.75, 3.05) is 30.9 Å². The molecule has 0 radical (unpaired) electrons. The Morgan fingerprint density at radius 2 is 1.94 bits per heavy atom. The second-order valence-electron chi connectivity index (χ2n) is 7.58. The summed E-state index contributed by atoms with van der Waals surface area (Å²) in [4.78, 5) is 30.7. The lowest BCUT2D eigenvalue weighted by atomic mass is 9.97. The Hall–Kier alpha value is -3.39. The third-order valence-electron chi connectivity index (χ3n) is 5.09. The summed E-state index contributed by atoms with van der Waals surface area (Å²) in [5, 5.41) is 8.29. The maximum absolute atomic E-state index is 12.6. The molecule has 0 saturated heterocycles. The van der Waals surface area contributed by atoms with Gasteiger partial charge < -0.3 is 15.0 Å². The molecule has 2 amide bonds. The summed E-state index contributed by atoms with van der Waals surface area (Å²) in [6.07, 6.45) is 0.723. The number of nitrogens with zero attached hydrogens (tertiary/aromatic N) is 2. The van der Waals surface area contributed by atoms with E-state index in [0.29, 0.717) is 17.3 Å². The van der Waals surface area contributed by atoms with Crippen LogP contribution >= 0.6 is 11.3 Å². The fraction of sp³-hybridized carbons (Fsp3) is 0.261. The van der Waals surface area contributed by atoms with Crippen LogP contribution in [0, 0.1) is 0 Å². The van der Waals surface area contributed by atoms with E-state index in [1.165, 1.54) is 18.3 Å². The molecule has 0 saturated carbocycles. The van der Waals surface area contributed by atoms with Crippen LogP contribution in [0.15, 0.2) is 47.8 Å². The van der Waals surface area contributed by atoms with Gasteiger partial charge in [-0.25, -0.2) is 4.98 Å². The van der Waals surface area contributed by atoms with E-state index in [-0.39, 0.29) is 17.9 Å². The lowest BCUT2D eigenvalue weighted by Crippen LogP contribution is -2.30. The molecule has 160 valence electrons. The molecule has 1 aliphatic rings. The third kappa shape index (κ3) is 4.69. The zero-order chi connectivity index (χ0) is 22.0. The Kier molecular flexibility index (Phi) is 5.90. The first-order valence-corrected chi connectivity index (χ1v) is 10.9. The van der Waals surface area contributed by atoms with Crippen molar-refractivity contribution in [1.29, 1.82) is 0 Å². The summed E-state index contributed by atoms with van der Waals surface area (Å²) < 4.78 is 5.73. The summed E-state index contributed by atoms with van der Waals surface area (Å²) in [5.74, 6) is 0.509. The van der Waals surface area contributed by atoms with Gasteiger partial charge in [0.1, 0.15) is 5.75 Å². The van der Waals surface area contributed by atoms with Crippen molar-refractivity contribution in [1.82, 2.24) is 10.3 Å². The van der Waals surface area contributed by atoms with E-state index >= 15 is 0 Å². The molecule has 1 aliphatic heterocycles. The molecular weight excluding hydrogens is 412 g/mol. The van der Waals surface area contributed by atoms with E-state index in [1.807, 2.05) is 54.7 Å². The smallest absolute Gasteiger partial charge is 0.257 e. The number of carbonyl (C=O) groups excluding carboxylic acids is 2. The average molecular weight is 437 g/mol. The molecule has 2 heterocycles. The van der Waals surface area contributed by atoms with Gasteiger partial charge in [0.2, 0.25) is 5.91 Å². The van der Waals surface area contributed by atoms with Crippen molar-refractivity contribution in [3.8, 4) is 17.0 Å². The minimum absolute atomic E-state index is 0.0690. The van der Waals surface area contributed by atoms with Gasteiger partial charge in [0, 0.05) is 55.2 Å². The predicted molar refractivity (Wildman–Crippen MR) is 123 cm³/mol. The van der Waals surface area contributed by atoms with Gasteiger partial charge in [-0.15, -0.1) is 11.3 Å². The minimum atomic E-state index is -0.198. The van der Waals surface area contributed by atoms with Crippen LogP contribution in [0.1, 0.15) is 35.3 Å². The van der Waals surface area contributed by atoms with Crippen LogP contribution in [0.5, 0.6) is 5.75 Å². The number of hydrogen-bond acceptors (Lipinski definition) is 6. The summed E-state index contributed by atoms with van der Waals surface area (Å²) >= 11 is 1.37. The number of nitrogens with one attached hydrogen (secondary N) is 2. The monoisotopic (exact) mass is 436 g/mol. The van der Waals surface area contributed by atoms with E-state index < -0.39 is 0 Å². The summed E-state index contributed by atoms with van der Waals surface area (Å²) in [6.45, 7) is 2.09. The van der Waals surface area contributed by atoms with Gasteiger partial charge in [0.25, 0.3) is 5.91 Å². The van der Waals surface area contributed by atoms with Crippen molar-refractivity contribution in [3.63, 3.8) is 0 Å². The number of rotatable bonds is 5. The molecule has 8 heteroatoms. The van der Waals surface area contributed by atoms with Gasteiger partial charge in [-0.3, -0.25) is 14.9 Å². The van der Waals surface area contributed by atoms with Crippen LogP contribution in [-0.2, 0) is 4.79 Å². The Morgan fingerprint density at radius 3 is 2.65 bits per heavy atom. The number of fused-ring (bicyclic) bond motifs is 1. The molecule has 3 aromatic rings. The van der Waals surface area contributed by atoms with E-state index in [1.54, 1.807) is 12.1 Å². The summed E-state index contributed by atoms with van der Waals surface area (Å²) in [5.41, 5.74) is 4.22. The first-order valence-electron chi connectivity index (χ1n) is 9.99. The highest BCUT2D eigenvalue weighted by Gasteiger charge is 2.23. The number of amides is 2. The molecule has 1 atom stereocenters. The largest absolute Gasteiger partial charge is 0.493 e. The minimum Gasteiger partial charge on any atom is -0.493 e. The second kappa shape index (κ2) is 8.77. The highest BCUT2D eigenvalue weighted by atomic mass is 32.1. The SMILES string of the molecule is CC(=O)NC1CCOc2ccc(-c3csc(NC(=O)c4ccc(N(C)C)cc4)n3)cc21. The van der Waals surface area contributed by atoms with E-state index in [2.05, 4.69) is 15.6 Å². The summed E-state index contributed by atoms with van der Waals surface area (Å²) in [7, 11) is 3.91. The number of benzene rings is 2. The molecule has 0 aliphatic carbocycles. The van der Waals surface area contributed by atoms with E-state index in [4.69, 9.17) is 4.74 Å². The zero-order valence-corrected chi connectivity index (χ0v) is 18.5. The second-order valence-corrected chi connectivity index (χ2v) is 8.43. The molecule has 2 N–H and O–H groups in total. The van der Waals surface area contributed by atoms with Crippen molar-refractivity contribution in [3.05, 3.63) is 59.0 Å². The van der Waals surface area contributed by atoms with Gasteiger partial charge in [-0.2, -0.15) is 0 Å². The van der Waals surface area contributed by atoms with Crippen LogP contribution < -0.4 is 20.3 Å². The molecule has 0 bridgehead atoms. The first-order chi connectivity index (χ1) is 14.9. The van der Waals surface area contributed by atoms with E-state index in [0.717, 1.165) is 34.7 Å². The summed E-state index contributed by atoms with van der Waals surface area (Å²) in [6, 6.07) is 13.2. The number of aromatic nitrogens is 1. The van der Waals surface area contributed by atoms with Crippen molar-refractivity contribution >= 4 is 34.0 Å². The number of carbonyl (C=O) groups is 2. The molecule has 2 aromatic carbocycles. The molecule has 7 nitrogen and oxygen atoms in total. The van der Waals surface area contributed by atoms with Crippen LogP contribution in [-0.4, -0.2) is 37.5 Å². The zero-order valence-electron chi connectivity index (χ0n) is 17.6. The van der Waals surface area contributed by atoms with Gasteiger partial charge >= 0.3 is 0 Å². The standard InChI is InChI=1S/C23H24N4O3S/c1-14(28)24-19-10-11-30-21-9-6-16(12-18(19)21)20-13-31-23(25-20)26-22(29)15-4-7-17(8-5-15)27(2)3/h4-9,12-13,19H,10-11H2,1-3H3,(H,24,28)(H,25,26,29). The molecule has 1 unspecified atom stereocenters. The van der Waals surface area contributed by atoms with Crippen LogP contribution in [0.4, 0.5) is 10.8 Å². The Labute approximate surface area is 185 Å². The average Bonchev–Trinajstić information content (AvgIpc) is 3.22. The molecule has 1 aromatic heterocycles. The first kappa shape index (κ1) is 20.9. The fourth-order valence-corrected chi connectivity index (χ4v) is 4.21. The maximum Gasteiger partial charge on any atom is 0.257 e. The molecular formula is C23H24N4O3S. The normalized spacial score (nSPS) is 14.9.